The fourth-order valence-electron chi connectivity index (χ4n) is 0.748. The van der Waals surface area contributed by atoms with Gasteiger partial charge in [0.1, 0.15) is 0 Å². The predicted octanol–water partition coefficient (Wildman–Crippen LogP) is -0.284. The minimum Gasteiger partial charge on any atom is -0.478 e. The summed E-state index contributed by atoms with van der Waals surface area (Å²) in [5.74, 6) is -2.63. The maximum atomic E-state index is 10.4. The van der Waals surface area contributed by atoms with E-state index < -0.39 is 17.6 Å². The van der Waals surface area contributed by atoms with Crippen molar-refractivity contribution in [2.24, 2.45) is 0 Å². The number of pyridine rings is 1. The van der Waals surface area contributed by atoms with Crippen LogP contribution >= 0.6 is 0 Å². The van der Waals surface area contributed by atoms with Gasteiger partial charge in [0.05, 0.1) is 5.56 Å². The molecule has 0 aliphatic carbocycles. The van der Waals surface area contributed by atoms with Crippen molar-refractivity contribution >= 4 is 71.1 Å². The Labute approximate surface area is 124 Å². The Hall–Kier alpha value is 0.0900. The van der Waals surface area contributed by atoms with E-state index in [1.165, 1.54) is 18.3 Å². The average molecular weight is 213 g/mol. The molecule has 0 atom stereocenters. The number of nitrogens with zero attached hydrogens (tertiary/aromatic N) is 1. The molecule has 0 saturated heterocycles. The topological polar surface area (TPSA) is 87.5 Å². The summed E-state index contributed by atoms with van der Waals surface area (Å²) in [6, 6.07) is 2.56. The van der Waals surface area contributed by atoms with E-state index in [0.29, 0.717) is 0 Å². The predicted molar refractivity (Wildman–Crippen MR) is 49.7 cm³/mol. The summed E-state index contributed by atoms with van der Waals surface area (Å²) in [6.07, 6.45) is 1.23. The molecule has 14 heavy (non-hydrogen) atoms. The standard InChI is InChI=1S/C7H5NO4.2Na/c9-6(10)4-2-1-3-8-5(4)7(11)12;;/h1-3H,(H,9,10)(H,11,12);;. The van der Waals surface area contributed by atoms with E-state index in [4.69, 9.17) is 10.2 Å². The van der Waals surface area contributed by atoms with Crippen molar-refractivity contribution in [3.63, 3.8) is 0 Å². The molecular formula is C7H5NNa2O4. The molecule has 0 aliphatic rings. The Balaban J connectivity index is 0. The first kappa shape index (κ1) is 16.5. The Bertz CT molecular complexity index is 309. The van der Waals surface area contributed by atoms with Crippen LogP contribution in [0.4, 0.5) is 0 Å². The third kappa shape index (κ3) is 4.08. The zero-order valence-corrected chi connectivity index (χ0v) is 11.9. The molecule has 0 aromatic carbocycles. The molecule has 0 unspecified atom stereocenters. The maximum absolute atomic E-state index is 10.4. The van der Waals surface area contributed by atoms with Crippen LogP contribution in [-0.4, -0.2) is 86.3 Å². The van der Waals surface area contributed by atoms with E-state index in [9.17, 15) is 9.59 Å². The smallest absolute Gasteiger partial charge is 0.355 e. The Morgan fingerprint density at radius 1 is 1.14 bits per heavy atom. The fraction of sp³-hybridized carbons (Fsp3) is 0. The zero-order valence-electron chi connectivity index (χ0n) is 7.89. The first-order chi connectivity index (χ1) is 5.63. The van der Waals surface area contributed by atoms with Gasteiger partial charge in [0.15, 0.2) is 5.69 Å². The molecule has 5 nitrogen and oxygen atoms in total. The van der Waals surface area contributed by atoms with Crippen molar-refractivity contribution in [3.05, 3.63) is 29.6 Å². The number of hydrogen-bond donors (Lipinski definition) is 2. The van der Waals surface area contributed by atoms with Gasteiger partial charge < -0.3 is 10.2 Å². The van der Waals surface area contributed by atoms with Gasteiger partial charge in [0.25, 0.3) is 0 Å². The molecule has 1 rings (SSSR count). The summed E-state index contributed by atoms with van der Waals surface area (Å²) < 4.78 is 0. The second-order valence-electron chi connectivity index (χ2n) is 2.01. The van der Waals surface area contributed by atoms with Crippen LogP contribution in [0.5, 0.6) is 0 Å². The summed E-state index contributed by atoms with van der Waals surface area (Å²) in [7, 11) is 0. The molecule has 1 aromatic rings. The van der Waals surface area contributed by atoms with Crippen molar-refractivity contribution in [1.82, 2.24) is 4.98 Å². The molecular weight excluding hydrogens is 208 g/mol. The van der Waals surface area contributed by atoms with E-state index in [2.05, 4.69) is 4.98 Å². The number of carboxylic acids is 2. The molecule has 64 valence electrons. The monoisotopic (exact) mass is 213 g/mol. The van der Waals surface area contributed by atoms with Gasteiger partial charge >= 0.3 is 11.9 Å². The molecule has 7 heteroatoms. The van der Waals surface area contributed by atoms with Crippen LogP contribution in [0.15, 0.2) is 18.3 Å². The minimum absolute atomic E-state index is 0. The van der Waals surface area contributed by atoms with E-state index >= 15 is 0 Å². The number of aromatic nitrogens is 1. The van der Waals surface area contributed by atoms with Gasteiger partial charge in [-0.15, -0.1) is 0 Å². The second-order valence-corrected chi connectivity index (χ2v) is 2.01. The number of aromatic carboxylic acids is 2. The molecule has 0 aliphatic heterocycles. The fourth-order valence-corrected chi connectivity index (χ4v) is 0.748. The molecule has 0 bridgehead atoms. The minimum atomic E-state index is -1.34. The molecule has 1 aromatic heterocycles. The van der Waals surface area contributed by atoms with Gasteiger partial charge in [0.2, 0.25) is 0 Å². The molecule has 0 amide bonds. The second kappa shape index (κ2) is 7.39. The summed E-state index contributed by atoms with van der Waals surface area (Å²) in [6.45, 7) is 0. The SMILES string of the molecule is O=C(O)c1cccnc1C(=O)O.[Na].[Na]. The van der Waals surface area contributed by atoms with Gasteiger partial charge in [-0.25, -0.2) is 14.6 Å². The van der Waals surface area contributed by atoms with Gasteiger partial charge in [0, 0.05) is 65.3 Å². The van der Waals surface area contributed by atoms with Crippen LogP contribution in [0, 0.1) is 0 Å². The number of carbonyl (C=O) groups is 2. The molecule has 2 radical (unpaired) electrons. The van der Waals surface area contributed by atoms with Crippen molar-refractivity contribution < 1.29 is 19.8 Å². The third-order valence-corrected chi connectivity index (χ3v) is 1.24. The molecule has 2 N–H and O–H groups in total. The van der Waals surface area contributed by atoms with Crippen molar-refractivity contribution in [1.29, 1.82) is 0 Å². The van der Waals surface area contributed by atoms with Crippen LogP contribution in [0.2, 0.25) is 0 Å². The molecule has 0 fully saturated rings. The summed E-state index contributed by atoms with van der Waals surface area (Å²) in [5, 5.41) is 17.0. The van der Waals surface area contributed by atoms with Gasteiger partial charge in [-0.05, 0) is 12.1 Å². The van der Waals surface area contributed by atoms with Crippen LogP contribution in [-0.2, 0) is 0 Å². The van der Waals surface area contributed by atoms with Crippen molar-refractivity contribution in [3.8, 4) is 0 Å². The zero-order chi connectivity index (χ0) is 9.14. The largest absolute Gasteiger partial charge is 0.478 e. The average Bonchev–Trinajstić information content (AvgIpc) is 2.04. The van der Waals surface area contributed by atoms with Crippen molar-refractivity contribution in [2.75, 3.05) is 0 Å². The Morgan fingerprint density at radius 3 is 2.07 bits per heavy atom. The van der Waals surface area contributed by atoms with E-state index in [1.807, 2.05) is 0 Å². The van der Waals surface area contributed by atoms with Crippen LogP contribution < -0.4 is 0 Å². The van der Waals surface area contributed by atoms with E-state index in [-0.39, 0.29) is 64.7 Å². The van der Waals surface area contributed by atoms with Crippen molar-refractivity contribution in [2.45, 2.75) is 0 Å². The van der Waals surface area contributed by atoms with Crippen LogP contribution in [0.25, 0.3) is 0 Å². The normalized spacial score (nSPS) is 8.00. The summed E-state index contributed by atoms with van der Waals surface area (Å²) in [5.41, 5.74) is -0.741. The van der Waals surface area contributed by atoms with E-state index in [1.54, 1.807) is 0 Å². The quantitative estimate of drug-likeness (QED) is 0.659. The third-order valence-electron chi connectivity index (χ3n) is 1.24. The maximum Gasteiger partial charge on any atom is 0.355 e. The number of hydrogen-bond acceptors (Lipinski definition) is 3. The van der Waals surface area contributed by atoms with Gasteiger partial charge in [-0.1, -0.05) is 0 Å². The number of rotatable bonds is 2. The molecule has 0 saturated carbocycles. The summed E-state index contributed by atoms with van der Waals surface area (Å²) in [4.78, 5) is 24.2. The molecule has 1 heterocycles. The van der Waals surface area contributed by atoms with Gasteiger partial charge in [-0.2, -0.15) is 0 Å². The Kier molecular flexibility index (Phi) is 8.72. The first-order valence-corrected chi connectivity index (χ1v) is 3.04. The number of carboxylic acid groups (broad SMARTS) is 2. The molecule has 0 spiro atoms. The summed E-state index contributed by atoms with van der Waals surface area (Å²) >= 11 is 0. The Morgan fingerprint density at radius 2 is 1.71 bits per heavy atom. The first-order valence-electron chi connectivity index (χ1n) is 3.04. The van der Waals surface area contributed by atoms with Gasteiger partial charge in [-0.3, -0.25) is 0 Å². The van der Waals surface area contributed by atoms with Crippen LogP contribution in [0.1, 0.15) is 20.8 Å². The van der Waals surface area contributed by atoms with E-state index in [0.717, 1.165) is 0 Å². The van der Waals surface area contributed by atoms with Crippen LogP contribution in [0.3, 0.4) is 0 Å².